The first-order valence-corrected chi connectivity index (χ1v) is 12.2. The van der Waals surface area contributed by atoms with Gasteiger partial charge in [-0.15, -0.1) is 0 Å². The summed E-state index contributed by atoms with van der Waals surface area (Å²) in [6.45, 7) is 0. The Morgan fingerprint density at radius 1 is 1.15 bits per heavy atom. The SMILES string of the molecule is CN1/C(=C/C2=S(OS(C)(=O)=O)c3ccccc3C(Cl)=C2)Sc2ccccc21. The topological polar surface area (TPSA) is 46.6 Å². The monoisotopic (exact) mass is 437 g/mol. The molecule has 2 aliphatic heterocycles. The lowest BCUT2D eigenvalue weighted by Crippen LogP contribution is -2.12. The van der Waals surface area contributed by atoms with E-state index in [0.717, 1.165) is 37.2 Å². The Kier molecular flexibility index (Phi) is 4.98. The summed E-state index contributed by atoms with van der Waals surface area (Å²) in [6.07, 6.45) is 4.82. The highest BCUT2D eigenvalue weighted by Crippen LogP contribution is 2.47. The molecule has 0 saturated heterocycles. The van der Waals surface area contributed by atoms with Gasteiger partial charge in [-0.05, 0) is 30.4 Å². The first-order chi connectivity index (χ1) is 12.8. The summed E-state index contributed by atoms with van der Waals surface area (Å²) in [5.74, 6) is 0. The minimum absolute atomic E-state index is 0.571. The fourth-order valence-electron chi connectivity index (χ4n) is 2.87. The van der Waals surface area contributed by atoms with Crippen LogP contribution in [0.15, 0.2) is 75.5 Å². The van der Waals surface area contributed by atoms with Gasteiger partial charge in [-0.2, -0.15) is 8.42 Å². The van der Waals surface area contributed by atoms with Crippen molar-refractivity contribution < 1.29 is 12.0 Å². The number of halogens is 1. The number of anilines is 1. The molecule has 27 heavy (non-hydrogen) atoms. The number of hydrogen-bond acceptors (Lipinski definition) is 5. The second-order valence-corrected chi connectivity index (χ2v) is 10.9. The van der Waals surface area contributed by atoms with Gasteiger partial charge in [0.05, 0.1) is 22.0 Å². The van der Waals surface area contributed by atoms with E-state index in [1.807, 2.05) is 49.5 Å². The van der Waals surface area contributed by atoms with Crippen LogP contribution in [0.5, 0.6) is 0 Å². The molecule has 0 spiro atoms. The Bertz CT molecular complexity index is 1140. The van der Waals surface area contributed by atoms with Gasteiger partial charge < -0.3 is 4.90 Å². The molecule has 4 rings (SSSR count). The Morgan fingerprint density at radius 2 is 1.85 bits per heavy atom. The van der Waals surface area contributed by atoms with Crippen molar-refractivity contribution in [3.63, 3.8) is 0 Å². The zero-order chi connectivity index (χ0) is 19.2. The van der Waals surface area contributed by atoms with Gasteiger partial charge in [0.2, 0.25) is 0 Å². The molecule has 0 radical (unpaired) electrons. The summed E-state index contributed by atoms with van der Waals surface area (Å²) >= 11 is 8.11. The molecule has 1 unspecified atom stereocenters. The summed E-state index contributed by atoms with van der Waals surface area (Å²) in [4.78, 5) is 4.73. The number of para-hydroxylation sites is 1. The molecule has 0 bridgehead atoms. The van der Waals surface area contributed by atoms with E-state index in [1.54, 1.807) is 17.8 Å². The van der Waals surface area contributed by atoms with Crippen molar-refractivity contribution >= 4 is 59.8 Å². The van der Waals surface area contributed by atoms with Gasteiger partial charge in [0.25, 0.3) is 10.1 Å². The van der Waals surface area contributed by atoms with Crippen LogP contribution in [0.25, 0.3) is 5.03 Å². The average molecular weight is 438 g/mol. The molecule has 2 aliphatic rings. The van der Waals surface area contributed by atoms with E-state index in [0.29, 0.717) is 5.03 Å². The van der Waals surface area contributed by atoms with E-state index in [9.17, 15) is 8.42 Å². The van der Waals surface area contributed by atoms with E-state index in [4.69, 9.17) is 15.2 Å². The number of nitrogens with zero attached hydrogens (tertiary/aromatic N) is 1. The van der Waals surface area contributed by atoms with Crippen LogP contribution in [-0.2, 0) is 13.7 Å². The van der Waals surface area contributed by atoms with Crippen molar-refractivity contribution in [2.24, 2.45) is 0 Å². The zero-order valence-electron chi connectivity index (χ0n) is 14.5. The molecule has 4 nitrogen and oxygen atoms in total. The van der Waals surface area contributed by atoms with Gasteiger partial charge in [-0.3, -0.25) is 0 Å². The number of fused-ring (bicyclic) bond motifs is 2. The first-order valence-electron chi connectivity index (χ1n) is 8.03. The predicted octanol–water partition coefficient (Wildman–Crippen LogP) is 5.05. The van der Waals surface area contributed by atoms with Gasteiger partial charge in [-0.1, -0.05) is 53.7 Å². The molecule has 8 heteroatoms. The molecule has 0 aromatic heterocycles. The molecule has 0 fully saturated rings. The summed E-state index contributed by atoms with van der Waals surface area (Å²) in [7, 11) is -2.73. The lowest BCUT2D eigenvalue weighted by atomic mass is 10.2. The zero-order valence-corrected chi connectivity index (χ0v) is 17.8. The van der Waals surface area contributed by atoms with E-state index in [-0.39, 0.29) is 0 Å². The molecule has 0 N–H and O–H groups in total. The maximum atomic E-state index is 11.9. The fraction of sp³-hybridized carbons (Fsp3) is 0.105. The lowest BCUT2D eigenvalue weighted by Gasteiger charge is -2.21. The number of hydrogen-bond donors (Lipinski definition) is 0. The quantitative estimate of drug-likeness (QED) is 0.496. The molecular formula is C19H16ClNO3S3. The molecule has 140 valence electrons. The van der Waals surface area contributed by atoms with Crippen molar-refractivity contribution in [2.45, 2.75) is 9.79 Å². The summed E-state index contributed by atoms with van der Waals surface area (Å²) in [5.41, 5.74) is 1.91. The van der Waals surface area contributed by atoms with Crippen molar-refractivity contribution in [2.75, 3.05) is 18.2 Å². The van der Waals surface area contributed by atoms with Gasteiger partial charge in [0, 0.05) is 38.0 Å². The third-order valence-corrected chi connectivity index (χ3v) is 8.49. The van der Waals surface area contributed by atoms with Crippen LogP contribution in [-0.4, -0.2) is 26.6 Å². The lowest BCUT2D eigenvalue weighted by molar-refractivity contribution is 0.524. The Morgan fingerprint density at radius 3 is 2.59 bits per heavy atom. The van der Waals surface area contributed by atoms with Crippen LogP contribution < -0.4 is 4.90 Å². The fourth-order valence-corrected chi connectivity index (χ4v) is 7.33. The molecule has 0 saturated carbocycles. The van der Waals surface area contributed by atoms with Gasteiger partial charge in [-0.25, -0.2) is 3.63 Å². The van der Waals surface area contributed by atoms with Gasteiger partial charge >= 0.3 is 0 Å². The van der Waals surface area contributed by atoms with Crippen LogP contribution in [0.4, 0.5) is 5.69 Å². The third kappa shape index (κ3) is 3.75. The Balaban J connectivity index is 1.87. The van der Waals surface area contributed by atoms with E-state index in [1.165, 1.54) is 0 Å². The Hall–Kier alpha value is -1.51. The minimum Gasteiger partial charge on any atom is -0.338 e. The van der Waals surface area contributed by atoms with E-state index in [2.05, 4.69) is 17.0 Å². The highest BCUT2D eigenvalue weighted by atomic mass is 35.5. The highest BCUT2D eigenvalue weighted by Gasteiger charge is 2.25. The number of allylic oxidation sites excluding steroid dienone is 2. The number of rotatable bonds is 3. The maximum Gasteiger partial charge on any atom is 0.274 e. The molecule has 1 atom stereocenters. The maximum absolute atomic E-state index is 11.9. The predicted molar refractivity (Wildman–Crippen MR) is 116 cm³/mol. The van der Waals surface area contributed by atoms with Crippen molar-refractivity contribution in [1.29, 1.82) is 0 Å². The van der Waals surface area contributed by atoms with Crippen molar-refractivity contribution in [3.05, 3.63) is 71.3 Å². The first kappa shape index (κ1) is 18.8. The van der Waals surface area contributed by atoms with Crippen LogP contribution in [0.3, 0.4) is 0 Å². The smallest absolute Gasteiger partial charge is 0.274 e. The largest absolute Gasteiger partial charge is 0.338 e. The normalized spacial score (nSPS) is 20.5. The van der Waals surface area contributed by atoms with E-state index < -0.39 is 20.9 Å². The van der Waals surface area contributed by atoms with E-state index >= 15 is 0 Å². The number of thioether (sulfide) groups is 1. The minimum atomic E-state index is -3.65. The second-order valence-electron chi connectivity index (χ2n) is 6.04. The summed E-state index contributed by atoms with van der Waals surface area (Å²) in [5, 5.41) is 1.56. The molecule has 2 heterocycles. The molecule has 0 amide bonds. The van der Waals surface area contributed by atoms with Crippen LogP contribution in [0.2, 0.25) is 0 Å². The van der Waals surface area contributed by atoms with Crippen LogP contribution in [0.1, 0.15) is 5.56 Å². The van der Waals surface area contributed by atoms with Crippen molar-refractivity contribution in [3.8, 4) is 0 Å². The Labute approximate surface area is 170 Å². The summed E-state index contributed by atoms with van der Waals surface area (Å²) < 4.78 is 29.3. The highest BCUT2D eigenvalue weighted by molar-refractivity contribution is 8.17. The third-order valence-electron chi connectivity index (χ3n) is 4.06. The average Bonchev–Trinajstić information content (AvgIpc) is 2.94. The molecule has 0 aliphatic carbocycles. The second kappa shape index (κ2) is 7.14. The molecule has 2 aromatic carbocycles. The summed E-state index contributed by atoms with van der Waals surface area (Å²) in [6, 6.07) is 15.6. The van der Waals surface area contributed by atoms with Crippen LogP contribution >= 0.6 is 34.1 Å². The van der Waals surface area contributed by atoms with Gasteiger partial charge in [0.1, 0.15) is 0 Å². The van der Waals surface area contributed by atoms with Gasteiger partial charge in [0.15, 0.2) is 0 Å². The van der Waals surface area contributed by atoms with Crippen LogP contribution in [0, 0.1) is 0 Å². The number of benzene rings is 2. The molecular weight excluding hydrogens is 422 g/mol. The van der Waals surface area contributed by atoms with Crippen molar-refractivity contribution in [1.82, 2.24) is 0 Å². The molecule has 2 aromatic rings. The standard InChI is InChI=1S/C19H16ClNO3S3/c1-21-16-8-4-5-9-17(16)25-19(21)12-13-11-15(20)14-7-3-6-10-18(14)26(13)24-27(2,22)23/h3-12H,1-2H3/b19-12-.